The van der Waals surface area contributed by atoms with Gasteiger partial charge in [0.05, 0.1) is 12.7 Å². The van der Waals surface area contributed by atoms with Gasteiger partial charge in [-0.2, -0.15) is 0 Å². The fourth-order valence-corrected chi connectivity index (χ4v) is 1.28. The number of hydrogen-bond donors (Lipinski definition) is 1. The van der Waals surface area contributed by atoms with Crippen molar-refractivity contribution in [3.05, 3.63) is 0 Å². The predicted molar refractivity (Wildman–Crippen MR) is 54.9 cm³/mol. The van der Waals surface area contributed by atoms with Gasteiger partial charge in [0.15, 0.2) is 0 Å². The third kappa shape index (κ3) is 5.24. The Morgan fingerprint density at radius 3 is 2.31 bits per heavy atom. The molecule has 3 heteroatoms. The third-order valence-electron chi connectivity index (χ3n) is 2.41. The van der Waals surface area contributed by atoms with Gasteiger partial charge >= 0.3 is 0 Å². The van der Waals surface area contributed by atoms with Crippen molar-refractivity contribution in [3.8, 4) is 0 Å². The molecular formula is C10H23NO2. The minimum Gasteiger partial charge on any atom is -0.392 e. The molecule has 3 nitrogen and oxygen atoms in total. The van der Waals surface area contributed by atoms with Gasteiger partial charge in [-0.1, -0.05) is 6.92 Å². The Labute approximate surface area is 81.7 Å². The summed E-state index contributed by atoms with van der Waals surface area (Å²) in [6, 6.07) is 0.213. The van der Waals surface area contributed by atoms with Crippen LogP contribution in [0.2, 0.25) is 0 Å². The van der Waals surface area contributed by atoms with Crippen LogP contribution in [0.4, 0.5) is 0 Å². The van der Waals surface area contributed by atoms with E-state index in [0.717, 1.165) is 26.3 Å². The van der Waals surface area contributed by atoms with Crippen LogP contribution < -0.4 is 0 Å². The first-order valence-electron chi connectivity index (χ1n) is 5.13. The molecule has 2 atom stereocenters. The van der Waals surface area contributed by atoms with Gasteiger partial charge in [0.25, 0.3) is 0 Å². The first-order chi connectivity index (χ1) is 6.13. The average molecular weight is 189 g/mol. The van der Waals surface area contributed by atoms with Crippen molar-refractivity contribution in [2.45, 2.75) is 39.8 Å². The van der Waals surface area contributed by atoms with Crippen molar-refractivity contribution >= 4 is 0 Å². The van der Waals surface area contributed by atoms with E-state index < -0.39 is 0 Å². The second-order valence-corrected chi connectivity index (χ2v) is 3.31. The number of ether oxygens (including phenoxy) is 1. The summed E-state index contributed by atoms with van der Waals surface area (Å²) < 4.78 is 5.27. The number of nitrogens with zero attached hydrogens (tertiary/aromatic N) is 1. The molecule has 0 aliphatic carbocycles. The maximum Gasteiger partial charge on any atom is 0.0664 e. The van der Waals surface area contributed by atoms with Crippen LogP contribution >= 0.6 is 0 Å². The highest BCUT2D eigenvalue weighted by Gasteiger charge is 2.15. The van der Waals surface area contributed by atoms with Crippen molar-refractivity contribution in [1.82, 2.24) is 4.90 Å². The zero-order valence-electron chi connectivity index (χ0n) is 9.29. The molecule has 1 N–H and O–H groups in total. The molecule has 0 rings (SSSR count). The van der Waals surface area contributed by atoms with Crippen LogP contribution in [0.15, 0.2) is 0 Å². The van der Waals surface area contributed by atoms with E-state index in [-0.39, 0.29) is 12.1 Å². The highest BCUT2D eigenvalue weighted by molar-refractivity contribution is 4.70. The van der Waals surface area contributed by atoms with Crippen LogP contribution in [0, 0.1) is 0 Å². The average Bonchev–Trinajstić information content (AvgIpc) is 2.11. The molecule has 0 fully saturated rings. The monoisotopic (exact) mass is 189 g/mol. The van der Waals surface area contributed by atoms with Crippen LogP contribution in [0.5, 0.6) is 0 Å². The lowest BCUT2D eigenvalue weighted by atomic mass is 10.2. The van der Waals surface area contributed by atoms with Crippen LogP contribution in [-0.2, 0) is 4.74 Å². The Kier molecular flexibility index (Phi) is 7.23. The number of aliphatic hydroxyl groups excluding tert-OH is 1. The van der Waals surface area contributed by atoms with Crippen molar-refractivity contribution in [2.24, 2.45) is 0 Å². The van der Waals surface area contributed by atoms with Crippen molar-refractivity contribution in [3.63, 3.8) is 0 Å². The molecule has 0 aliphatic rings. The van der Waals surface area contributed by atoms with Crippen molar-refractivity contribution in [2.75, 3.05) is 26.3 Å². The summed E-state index contributed by atoms with van der Waals surface area (Å²) in [5.41, 5.74) is 0. The molecule has 0 heterocycles. The third-order valence-corrected chi connectivity index (χ3v) is 2.41. The van der Waals surface area contributed by atoms with E-state index in [2.05, 4.69) is 11.8 Å². The minimum atomic E-state index is -0.276. The summed E-state index contributed by atoms with van der Waals surface area (Å²) in [4.78, 5) is 2.22. The molecule has 0 aliphatic heterocycles. The van der Waals surface area contributed by atoms with Crippen LogP contribution in [0.25, 0.3) is 0 Å². The first-order valence-corrected chi connectivity index (χ1v) is 5.13. The maximum atomic E-state index is 9.40. The van der Waals surface area contributed by atoms with E-state index in [1.807, 2.05) is 20.8 Å². The zero-order chi connectivity index (χ0) is 10.3. The molecule has 2 unspecified atom stereocenters. The molecule has 0 aromatic carbocycles. The minimum absolute atomic E-state index is 0.213. The molecule has 0 amide bonds. The molecule has 0 aromatic heterocycles. The van der Waals surface area contributed by atoms with Crippen LogP contribution in [0.1, 0.15) is 27.7 Å². The number of aliphatic hydroxyl groups is 1. The quantitative estimate of drug-likeness (QED) is 0.609. The van der Waals surface area contributed by atoms with Gasteiger partial charge in [-0.3, -0.25) is 4.90 Å². The largest absolute Gasteiger partial charge is 0.392 e. The second kappa shape index (κ2) is 7.30. The molecule has 0 bridgehead atoms. The standard InChI is InChI=1S/C10H23NO2/c1-5-11(7-8-13-6-2)9(3)10(4)12/h9-10,12H,5-8H2,1-4H3. The SMILES string of the molecule is CCOCCN(CC)C(C)C(C)O. The van der Waals surface area contributed by atoms with Gasteiger partial charge in [0, 0.05) is 19.2 Å². The summed E-state index contributed by atoms with van der Waals surface area (Å²) in [6.45, 7) is 11.3. The first kappa shape index (κ1) is 12.9. The smallest absolute Gasteiger partial charge is 0.0664 e. The number of rotatable bonds is 7. The summed E-state index contributed by atoms with van der Waals surface area (Å²) in [7, 11) is 0. The van der Waals surface area contributed by atoms with E-state index in [1.165, 1.54) is 0 Å². The van der Waals surface area contributed by atoms with E-state index in [0.29, 0.717) is 0 Å². The zero-order valence-corrected chi connectivity index (χ0v) is 9.29. The highest BCUT2D eigenvalue weighted by atomic mass is 16.5. The molecule has 0 saturated heterocycles. The Morgan fingerprint density at radius 2 is 1.92 bits per heavy atom. The molecule has 0 aromatic rings. The van der Waals surface area contributed by atoms with E-state index in [1.54, 1.807) is 0 Å². The van der Waals surface area contributed by atoms with Crippen molar-refractivity contribution < 1.29 is 9.84 Å². The summed E-state index contributed by atoms with van der Waals surface area (Å²) in [6.07, 6.45) is -0.276. The van der Waals surface area contributed by atoms with E-state index in [4.69, 9.17) is 4.74 Å². The van der Waals surface area contributed by atoms with Gasteiger partial charge in [0.2, 0.25) is 0 Å². The highest BCUT2D eigenvalue weighted by Crippen LogP contribution is 2.03. The lowest BCUT2D eigenvalue weighted by Crippen LogP contribution is -2.41. The van der Waals surface area contributed by atoms with Crippen LogP contribution in [0.3, 0.4) is 0 Å². The lowest BCUT2D eigenvalue weighted by molar-refractivity contribution is 0.0474. The van der Waals surface area contributed by atoms with Gasteiger partial charge in [0.1, 0.15) is 0 Å². The Balaban J connectivity index is 3.73. The summed E-state index contributed by atoms with van der Waals surface area (Å²) >= 11 is 0. The fourth-order valence-electron chi connectivity index (χ4n) is 1.28. The topological polar surface area (TPSA) is 32.7 Å². The maximum absolute atomic E-state index is 9.40. The number of likely N-dealkylation sites (N-methyl/N-ethyl adjacent to an activating group) is 1. The van der Waals surface area contributed by atoms with Gasteiger partial charge in [-0.05, 0) is 27.3 Å². The second-order valence-electron chi connectivity index (χ2n) is 3.31. The van der Waals surface area contributed by atoms with E-state index >= 15 is 0 Å². The van der Waals surface area contributed by atoms with Gasteiger partial charge < -0.3 is 9.84 Å². The van der Waals surface area contributed by atoms with Gasteiger partial charge in [-0.25, -0.2) is 0 Å². The number of hydrogen-bond acceptors (Lipinski definition) is 3. The molecule has 0 radical (unpaired) electrons. The van der Waals surface area contributed by atoms with Crippen molar-refractivity contribution in [1.29, 1.82) is 0 Å². The van der Waals surface area contributed by atoms with Gasteiger partial charge in [-0.15, -0.1) is 0 Å². The molecule has 80 valence electrons. The molecule has 0 spiro atoms. The normalized spacial score (nSPS) is 16.2. The lowest BCUT2D eigenvalue weighted by Gasteiger charge is -2.29. The van der Waals surface area contributed by atoms with E-state index in [9.17, 15) is 5.11 Å². The predicted octanol–water partition coefficient (Wildman–Crippen LogP) is 1.11. The fraction of sp³-hybridized carbons (Fsp3) is 1.00. The molecular weight excluding hydrogens is 166 g/mol. The summed E-state index contributed by atoms with van der Waals surface area (Å²) in [5.74, 6) is 0. The van der Waals surface area contributed by atoms with Crippen LogP contribution in [-0.4, -0.2) is 48.5 Å². The molecule has 13 heavy (non-hydrogen) atoms. The summed E-state index contributed by atoms with van der Waals surface area (Å²) in [5, 5.41) is 9.40. The molecule has 0 saturated carbocycles. The Morgan fingerprint density at radius 1 is 1.31 bits per heavy atom. The Hall–Kier alpha value is -0.120. The Bertz CT molecular complexity index is 117.